The van der Waals surface area contributed by atoms with Gasteiger partial charge < -0.3 is 10.0 Å². The maximum absolute atomic E-state index is 12.2. The number of nitro groups is 1. The van der Waals surface area contributed by atoms with Crippen molar-refractivity contribution in [3.63, 3.8) is 0 Å². The lowest BCUT2D eigenvalue weighted by Gasteiger charge is -2.37. The minimum atomic E-state index is -0.940. The number of likely N-dealkylation sites (tertiary alicyclic amines) is 1. The van der Waals surface area contributed by atoms with Gasteiger partial charge in [0, 0.05) is 13.1 Å². The molecule has 1 amide bonds. The molecule has 1 aliphatic heterocycles. The SMILES string of the molecule is CC1(C(=O)O)CCCN(C(=O)Cn2cc([N+](=O)[O-])cn2)C1. The lowest BCUT2D eigenvalue weighted by atomic mass is 9.82. The predicted molar refractivity (Wildman–Crippen MR) is 70.4 cm³/mol. The fourth-order valence-electron chi connectivity index (χ4n) is 2.40. The van der Waals surface area contributed by atoms with Gasteiger partial charge in [-0.25, -0.2) is 0 Å². The van der Waals surface area contributed by atoms with Gasteiger partial charge in [0.1, 0.15) is 18.9 Å². The third-order valence-corrected chi connectivity index (χ3v) is 3.69. The lowest BCUT2D eigenvalue weighted by Crippen LogP contribution is -2.49. The number of hydrogen-bond acceptors (Lipinski definition) is 5. The van der Waals surface area contributed by atoms with Gasteiger partial charge in [-0.3, -0.25) is 24.4 Å². The highest BCUT2D eigenvalue weighted by molar-refractivity contribution is 5.79. The summed E-state index contributed by atoms with van der Waals surface area (Å²) in [5.41, 5.74) is -1.12. The Kier molecular flexibility index (Phi) is 3.92. The molecule has 9 nitrogen and oxygen atoms in total. The normalized spacial score (nSPS) is 22.0. The van der Waals surface area contributed by atoms with Gasteiger partial charge in [-0.15, -0.1) is 0 Å². The molecule has 0 radical (unpaired) electrons. The molecule has 0 aliphatic carbocycles. The number of amides is 1. The van der Waals surface area contributed by atoms with Gasteiger partial charge >= 0.3 is 11.7 Å². The zero-order valence-electron chi connectivity index (χ0n) is 11.6. The van der Waals surface area contributed by atoms with Crippen molar-refractivity contribution in [2.75, 3.05) is 13.1 Å². The summed E-state index contributed by atoms with van der Waals surface area (Å²) in [4.78, 5) is 34.9. The molecule has 2 rings (SSSR count). The molecule has 0 aromatic carbocycles. The predicted octanol–water partition coefficient (Wildman–Crippen LogP) is 0.505. The summed E-state index contributed by atoms with van der Waals surface area (Å²) in [6.07, 6.45) is 3.40. The van der Waals surface area contributed by atoms with Gasteiger partial charge in [-0.2, -0.15) is 5.10 Å². The van der Waals surface area contributed by atoms with E-state index in [4.69, 9.17) is 0 Å². The number of nitrogens with zero attached hydrogens (tertiary/aromatic N) is 4. The van der Waals surface area contributed by atoms with Crippen LogP contribution in [0.3, 0.4) is 0 Å². The molecule has 0 spiro atoms. The first-order valence-electron chi connectivity index (χ1n) is 6.50. The van der Waals surface area contributed by atoms with Crippen molar-refractivity contribution < 1.29 is 19.6 Å². The van der Waals surface area contributed by atoms with Gasteiger partial charge in [-0.1, -0.05) is 0 Å². The van der Waals surface area contributed by atoms with Crippen LogP contribution in [0, 0.1) is 15.5 Å². The second kappa shape index (κ2) is 5.51. The number of hydrogen-bond donors (Lipinski definition) is 1. The summed E-state index contributed by atoms with van der Waals surface area (Å²) < 4.78 is 1.19. The summed E-state index contributed by atoms with van der Waals surface area (Å²) in [6.45, 7) is 2.12. The van der Waals surface area contributed by atoms with E-state index in [1.165, 1.54) is 15.8 Å². The smallest absolute Gasteiger partial charge is 0.311 e. The van der Waals surface area contributed by atoms with Crippen molar-refractivity contribution in [3.05, 3.63) is 22.5 Å². The van der Waals surface area contributed by atoms with Crippen molar-refractivity contribution in [1.82, 2.24) is 14.7 Å². The summed E-state index contributed by atoms with van der Waals surface area (Å²) in [7, 11) is 0. The first-order valence-corrected chi connectivity index (χ1v) is 6.50. The van der Waals surface area contributed by atoms with Crippen molar-refractivity contribution in [1.29, 1.82) is 0 Å². The highest BCUT2D eigenvalue weighted by Gasteiger charge is 2.39. The van der Waals surface area contributed by atoms with Gasteiger partial charge in [-0.05, 0) is 19.8 Å². The van der Waals surface area contributed by atoms with Gasteiger partial charge in [0.15, 0.2) is 0 Å². The first kappa shape index (κ1) is 14.9. The number of rotatable bonds is 4. The minimum absolute atomic E-state index is 0.135. The Morgan fingerprint density at radius 1 is 1.57 bits per heavy atom. The number of aromatic nitrogens is 2. The van der Waals surface area contributed by atoms with Crippen molar-refractivity contribution in [2.45, 2.75) is 26.3 Å². The van der Waals surface area contributed by atoms with Crippen LogP contribution in [0.15, 0.2) is 12.4 Å². The zero-order valence-corrected chi connectivity index (χ0v) is 11.6. The van der Waals surface area contributed by atoms with Crippen LogP contribution in [-0.2, 0) is 16.1 Å². The van der Waals surface area contributed by atoms with E-state index in [1.807, 2.05) is 0 Å². The molecule has 1 fully saturated rings. The van der Waals surface area contributed by atoms with Crippen LogP contribution in [0.25, 0.3) is 0 Å². The van der Waals surface area contributed by atoms with E-state index in [-0.39, 0.29) is 24.7 Å². The minimum Gasteiger partial charge on any atom is -0.481 e. The van der Waals surface area contributed by atoms with E-state index in [2.05, 4.69) is 5.10 Å². The van der Waals surface area contributed by atoms with Crippen LogP contribution in [0.4, 0.5) is 5.69 Å². The molecule has 0 bridgehead atoms. The molecule has 0 saturated carbocycles. The Hall–Kier alpha value is -2.45. The maximum atomic E-state index is 12.2. The Balaban J connectivity index is 2.02. The van der Waals surface area contributed by atoms with Crippen molar-refractivity contribution in [3.8, 4) is 0 Å². The third-order valence-electron chi connectivity index (χ3n) is 3.69. The molecule has 1 atom stereocenters. The second-order valence-corrected chi connectivity index (χ2v) is 5.44. The van der Waals surface area contributed by atoms with Crippen LogP contribution in [0.5, 0.6) is 0 Å². The lowest BCUT2D eigenvalue weighted by molar-refractivity contribution is -0.385. The topological polar surface area (TPSA) is 119 Å². The third kappa shape index (κ3) is 3.18. The molecule has 9 heteroatoms. The van der Waals surface area contributed by atoms with Crippen molar-refractivity contribution in [2.24, 2.45) is 5.41 Å². The van der Waals surface area contributed by atoms with Gasteiger partial charge in [0.05, 0.1) is 10.3 Å². The molecule has 1 aliphatic rings. The van der Waals surface area contributed by atoms with Gasteiger partial charge in [0.25, 0.3) is 0 Å². The largest absolute Gasteiger partial charge is 0.481 e. The number of aliphatic carboxylic acids is 1. The molecular formula is C12H16N4O5. The van der Waals surface area contributed by atoms with Crippen LogP contribution < -0.4 is 0 Å². The number of piperidine rings is 1. The molecule has 1 aromatic heterocycles. The highest BCUT2D eigenvalue weighted by Crippen LogP contribution is 2.29. The fourth-order valence-corrected chi connectivity index (χ4v) is 2.40. The maximum Gasteiger partial charge on any atom is 0.311 e. The van der Waals surface area contributed by atoms with Crippen LogP contribution in [0.1, 0.15) is 19.8 Å². The molecule has 2 heterocycles. The van der Waals surface area contributed by atoms with E-state index < -0.39 is 16.3 Å². The average Bonchev–Trinajstić information content (AvgIpc) is 2.87. The zero-order chi connectivity index (χ0) is 15.6. The van der Waals surface area contributed by atoms with Crippen molar-refractivity contribution >= 4 is 17.6 Å². The summed E-state index contributed by atoms with van der Waals surface area (Å²) in [5.74, 6) is -1.21. The highest BCUT2D eigenvalue weighted by atomic mass is 16.6. The number of carboxylic acid groups (broad SMARTS) is 1. The first-order chi connectivity index (χ1) is 9.82. The molecule has 21 heavy (non-hydrogen) atoms. The van der Waals surface area contributed by atoms with E-state index >= 15 is 0 Å². The molecular weight excluding hydrogens is 280 g/mol. The van der Waals surface area contributed by atoms with Gasteiger partial charge in [0.2, 0.25) is 5.91 Å². The average molecular weight is 296 g/mol. The summed E-state index contributed by atoms with van der Waals surface area (Å²) >= 11 is 0. The quantitative estimate of drug-likeness (QED) is 0.638. The molecule has 1 saturated heterocycles. The number of carboxylic acids is 1. The number of carbonyl (C=O) groups excluding carboxylic acids is 1. The fraction of sp³-hybridized carbons (Fsp3) is 0.583. The Morgan fingerprint density at radius 2 is 2.29 bits per heavy atom. The van der Waals surface area contributed by atoms with E-state index in [1.54, 1.807) is 6.92 Å². The second-order valence-electron chi connectivity index (χ2n) is 5.44. The monoisotopic (exact) mass is 296 g/mol. The van der Waals surface area contributed by atoms with E-state index in [0.717, 1.165) is 6.20 Å². The summed E-state index contributed by atoms with van der Waals surface area (Å²) in [5, 5.41) is 23.5. The Labute approximate surface area is 120 Å². The van der Waals surface area contributed by atoms with E-state index in [0.29, 0.717) is 19.4 Å². The molecule has 114 valence electrons. The van der Waals surface area contributed by atoms with E-state index in [9.17, 15) is 24.8 Å². The Morgan fingerprint density at radius 3 is 2.86 bits per heavy atom. The summed E-state index contributed by atoms with van der Waals surface area (Å²) in [6, 6.07) is 0. The van der Waals surface area contributed by atoms with Crippen LogP contribution in [-0.4, -0.2) is 49.7 Å². The van der Waals surface area contributed by atoms with Crippen LogP contribution in [0.2, 0.25) is 0 Å². The molecule has 1 N–H and O–H groups in total. The standard InChI is InChI=1S/C12H16N4O5/c1-12(11(18)19)3-2-4-14(8-12)10(17)7-15-6-9(5-13-15)16(20)21/h5-6H,2-4,7-8H2,1H3,(H,18,19). The molecule has 1 aromatic rings. The number of carbonyl (C=O) groups is 2. The molecule has 1 unspecified atom stereocenters. The Bertz CT molecular complexity index is 584. The van der Waals surface area contributed by atoms with Crippen LogP contribution >= 0.6 is 0 Å².